The number of hydrogen-bond acceptors (Lipinski definition) is 4. The highest BCUT2D eigenvalue weighted by Gasteiger charge is 2.31. The van der Waals surface area contributed by atoms with Gasteiger partial charge in [0.25, 0.3) is 0 Å². The second-order valence-corrected chi connectivity index (χ2v) is 7.12. The third-order valence-electron chi connectivity index (χ3n) is 3.67. The SMILES string of the molecule is CCCNCc1sc(N(CCC)C2CC2)nc1C(C)C. The molecule has 1 aliphatic carbocycles. The summed E-state index contributed by atoms with van der Waals surface area (Å²) < 4.78 is 0. The highest BCUT2D eigenvalue weighted by Crippen LogP contribution is 2.37. The minimum absolute atomic E-state index is 0.515. The van der Waals surface area contributed by atoms with E-state index in [9.17, 15) is 0 Å². The first-order chi connectivity index (χ1) is 9.67. The third kappa shape index (κ3) is 3.95. The van der Waals surface area contributed by atoms with Crippen LogP contribution < -0.4 is 10.2 Å². The van der Waals surface area contributed by atoms with Gasteiger partial charge in [-0.2, -0.15) is 0 Å². The molecule has 1 aromatic heterocycles. The van der Waals surface area contributed by atoms with Gasteiger partial charge in [0.2, 0.25) is 0 Å². The molecule has 0 spiro atoms. The van der Waals surface area contributed by atoms with Crippen molar-refractivity contribution in [2.24, 2.45) is 0 Å². The Labute approximate surface area is 127 Å². The minimum Gasteiger partial charge on any atom is -0.345 e. The molecule has 1 N–H and O–H groups in total. The maximum Gasteiger partial charge on any atom is 0.186 e. The zero-order valence-electron chi connectivity index (χ0n) is 13.4. The molecule has 0 bridgehead atoms. The molecule has 2 rings (SSSR count). The predicted octanol–water partition coefficient (Wildman–Crippen LogP) is 4.14. The van der Waals surface area contributed by atoms with Crippen molar-refractivity contribution in [1.82, 2.24) is 10.3 Å². The van der Waals surface area contributed by atoms with Crippen LogP contribution in [0.3, 0.4) is 0 Å². The number of rotatable bonds is 9. The molecule has 4 heteroatoms. The molecule has 1 aromatic rings. The zero-order chi connectivity index (χ0) is 14.5. The average Bonchev–Trinajstić information content (AvgIpc) is 3.16. The van der Waals surface area contributed by atoms with Gasteiger partial charge in [-0.1, -0.05) is 27.7 Å². The summed E-state index contributed by atoms with van der Waals surface area (Å²) in [5.74, 6) is 0.515. The molecule has 0 aromatic carbocycles. The fourth-order valence-corrected chi connectivity index (χ4v) is 3.77. The standard InChI is InChI=1S/C16H29N3S/c1-5-9-17-11-14-15(12(3)4)18-16(20-14)19(10-6-2)13-7-8-13/h12-13,17H,5-11H2,1-4H3. The Morgan fingerprint density at radius 3 is 2.60 bits per heavy atom. The molecule has 0 saturated heterocycles. The van der Waals surface area contributed by atoms with Crippen molar-refractivity contribution in [1.29, 1.82) is 0 Å². The van der Waals surface area contributed by atoms with E-state index in [1.165, 1.54) is 41.4 Å². The van der Waals surface area contributed by atoms with Gasteiger partial charge in [-0.3, -0.25) is 0 Å². The number of anilines is 1. The van der Waals surface area contributed by atoms with Gasteiger partial charge in [-0.15, -0.1) is 11.3 Å². The molecule has 1 aliphatic rings. The zero-order valence-corrected chi connectivity index (χ0v) is 14.2. The average molecular weight is 295 g/mol. The molecule has 1 heterocycles. The summed E-state index contributed by atoms with van der Waals surface area (Å²) >= 11 is 1.91. The summed E-state index contributed by atoms with van der Waals surface area (Å²) in [5.41, 5.74) is 1.30. The largest absolute Gasteiger partial charge is 0.345 e. The van der Waals surface area contributed by atoms with Crippen molar-refractivity contribution in [2.75, 3.05) is 18.0 Å². The number of thiazole rings is 1. The topological polar surface area (TPSA) is 28.2 Å². The number of hydrogen-bond donors (Lipinski definition) is 1. The summed E-state index contributed by atoms with van der Waals surface area (Å²) in [6.45, 7) is 12.2. The molecular formula is C16H29N3S. The van der Waals surface area contributed by atoms with Gasteiger partial charge in [-0.25, -0.2) is 4.98 Å². The van der Waals surface area contributed by atoms with Gasteiger partial charge in [-0.05, 0) is 38.1 Å². The van der Waals surface area contributed by atoms with E-state index in [0.29, 0.717) is 5.92 Å². The summed E-state index contributed by atoms with van der Waals surface area (Å²) in [5, 5.41) is 4.78. The Bertz CT molecular complexity index is 410. The second kappa shape index (κ2) is 7.41. The van der Waals surface area contributed by atoms with Crippen LogP contribution in [0.2, 0.25) is 0 Å². The third-order valence-corrected chi connectivity index (χ3v) is 4.78. The molecule has 0 atom stereocenters. The van der Waals surface area contributed by atoms with E-state index in [4.69, 9.17) is 4.98 Å². The van der Waals surface area contributed by atoms with Crippen LogP contribution >= 0.6 is 11.3 Å². The molecule has 114 valence electrons. The Kier molecular flexibility index (Phi) is 5.85. The lowest BCUT2D eigenvalue weighted by Gasteiger charge is -2.20. The van der Waals surface area contributed by atoms with Gasteiger partial charge < -0.3 is 10.2 Å². The first-order valence-electron chi connectivity index (χ1n) is 8.14. The molecule has 0 aliphatic heterocycles. The van der Waals surface area contributed by atoms with Crippen molar-refractivity contribution >= 4 is 16.5 Å². The van der Waals surface area contributed by atoms with Crippen molar-refractivity contribution in [2.45, 2.75) is 71.9 Å². The molecule has 3 nitrogen and oxygen atoms in total. The van der Waals surface area contributed by atoms with E-state index >= 15 is 0 Å². The summed E-state index contributed by atoms with van der Waals surface area (Å²) in [6, 6.07) is 0.762. The normalized spacial score (nSPS) is 15.1. The number of nitrogens with one attached hydrogen (secondary N) is 1. The fourth-order valence-electron chi connectivity index (χ4n) is 2.49. The van der Waals surface area contributed by atoms with Crippen LogP contribution in [0.4, 0.5) is 5.13 Å². The first kappa shape index (κ1) is 15.8. The Hall–Kier alpha value is -0.610. The van der Waals surface area contributed by atoms with Crippen molar-refractivity contribution in [3.8, 4) is 0 Å². The Morgan fingerprint density at radius 1 is 1.30 bits per heavy atom. The van der Waals surface area contributed by atoms with Crippen LogP contribution in [-0.2, 0) is 6.54 Å². The highest BCUT2D eigenvalue weighted by atomic mass is 32.1. The van der Waals surface area contributed by atoms with E-state index in [0.717, 1.165) is 25.7 Å². The summed E-state index contributed by atoms with van der Waals surface area (Å²) in [7, 11) is 0. The van der Waals surface area contributed by atoms with Gasteiger partial charge in [0.15, 0.2) is 5.13 Å². The van der Waals surface area contributed by atoms with Gasteiger partial charge in [0.05, 0.1) is 5.69 Å². The van der Waals surface area contributed by atoms with Crippen LogP contribution in [0.25, 0.3) is 0 Å². The van der Waals surface area contributed by atoms with Crippen LogP contribution in [0.1, 0.15) is 69.9 Å². The predicted molar refractivity (Wildman–Crippen MR) is 88.9 cm³/mol. The van der Waals surface area contributed by atoms with E-state index in [-0.39, 0.29) is 0 Å². The Balaban J connectivity index is 2.14. The van der Waals surface area contributed by atoms with E-state index in [1.54, 1.807) is 0 Å². The van der Waals surface area contributed by atoms with Crippen LogP contribution in [-0.4, -0.2) is 24.1 Å². The smallest absolute Gasteiger partial charge is 0.186 e. The lowest BCUT2D eigenvalue weighted by Crippen LogP contribution is -2.26. The molecule has 20 heavy (non-hydrogen) atoms. The Morgan fingerprint density at radius 2 is 2.05 bits per heavy atom. The second-order valence-electron chi connectivity index (χ2n) is 6.06. The molecule has 0 unspecified atom stereocenters. The summed E-state index contributed by atoms with van der Waals surface area (Å²) in [6.07, 6.45) is 5.09. The lowest BCUT2D eigenvalue weighted by atomic mass is 10.1. The maximum atomic E-state index is 4.97. The van der Waals surface area contributed by atoms with Gasteiger partial charge in [0.1, 0.15) is 0 Å². The molecule has 1 fully saturated rings. The molecule has 1 saturated carbocycles. The molecule has 0 amide bonds. The fraction of sp³-hybridized carbons (Fsp3) is 0.812. The quantitative estimate of drug-likeness (QED) is 0.694. The van der Waals surface area contributed by atoms with Gasteiger partial charge >= 0.3 is 0 Å². The monoisotopic (exact) mass is 295 g/mol. The van der Waals surface area contributed by atoms with Crippen molar-refractivity contribution in [3.63, 3.8) is 0 Å². The first-order valence-corrected chi connectivity index (χ1v) is 8.95. The van der Waals surface area contributed by atoms with Crippen LogP contribution in [0.15, 0.2) is 0 Å². The summed E-state index contributed by atoms with van der Waals surface area (Å²) in [4.78, 5) is 8.95. The number of nitrogens with zero attached hydrogens (tertiary/aromatic N) is 2. The van der Waals surface area contributed by atoms with Crippen LogP contribution in [0, 0.1) is 0 Å². The minimum atomic E-state index is 0.515. The maximum absolute atomic E-state index is 4.97. The van der Waals surface area contributed by atoms with E-state index < -0.39 is 0 Å². The van der Waals surface area contributed by atoms with Crippen LogP contribution in [0.5, 0.6) is 0 Å². The molecule has 0 radical (unpaired) electrons. The van der Waals surface area contributed by atoms with E-state index in [2.05, 4.69) is 37.9 Å². The lowest BCUT2D eigenvalue weighted by molar-refractivity contribution is 0.670. The highest BCUT2D eigenvalue weighted by molar-refractivity contribution is 7.15. The molecular weight excluding hydrogens is 266 g/mol. The van der Waals surface area contributed by atoms with E-state index in [1.807, 2.05) is 11.3 Å². The van der Waals surface area contributed by atoms with Gasteiger partial charge in [0, 0.05) is 24.0 Å². The van der Waals surface area contributed by atoms with Crippen molar-refractivity contribution < 1.29 is 0 Å². The number of aromatic nitrogens is 1. The van der Waals surface area contributed by atoms with Crippen molar-refractivity contribution in [3.05, 3.63) is 10.6 Å².